The Labute approximate surface area is 126 Å². The molecule has 2 atom stereocenters. The van der Waals surface area contributed by atoms with Crippen LogP contribution in [0.4, 0.5) is 0 Å². The summed E-state index contributed by atoms with van der Waals surface area (Å²) in [6.07, 6.45) is 2.95. The average molecular weight is 310 g/mol. The first-order valence-corrected chi connectivity index (χ1v) is 8.91. The molecule has 0 amide bonds. The van der Waals surface area contributed by atoms with Crippen molar-refractivity contribution in [2.75, 3.05) is 13.2 Å². The molecule has 3 rings (SSSR count). The number of hydrogen-bond donors (Lipinski definition) is 1. The third-order valence-corrected chi connectivity index (χ3v) is 6.49. The molecular formula is C15H22N2O3S. The van der Waals surface area contributed by atoms with Gasteiger partial charge in [-0.25, -0.2) is 8.42 Å². The van der Waals surface area contributed by atoms with Gasteiger partial charge in [0.1, 0.15) is 0 Å². The maximum atomic E-state index is 12.9. The Morgan fingerprint density at radius 2 is 2.19 bits per heavy atom. The van der Waals surface area contributed by atoms with Crippen molar-refractivity contribution in [2.24, 2.45) is 5.73 Å². The summed E-state index contributed by atoms with van der Waals surface area (Å²) in [4.78, 5) is 0.366. The highest BCUT2D eigenvalue weighted by Crippen LogP contribution is 2.33. The van der Waals surface area contributed by atoms with E-state index in [4.69, 9.17) is 10.5 Å². The van der Waals surface area contributed by atoms with Crippen LogP contribution >= 0.6 is 0 Å². The van der Waals surface area contributed by atoms with Crippen LogP contribution in [0.2, 0.25) is 0 Å². The number of nitrogens with zero attached hydrogens (tertiary/aromatic N) is 1. The molecule has 2 fully saturated rings. The van der Waals surface area contributed by atoms with Crippen molar-refractivity contribution in [1.82, 2.24) is 4.31 Å². The molecule has 1 aromatic carbocycles. The summed E-state index contributed by atoms with van der Waals surface area (Å²) in [5.74, 6) is 0. The molecule has 21 heavy (non-hydrogen) atoms. The van der Waals surface area contributed by atoms with Crippen molar-refractivity contribution in [2.45, 2.75) is 49.8 Å². The van der Waals surface area contributed by atoms with Gasteiger partial charge >= 0.3 is 0 Å². The number of rotatable bonds is 3. The van der Waals surface area contributed by atoms with Gasteiger partial charge < -0.3 is 10.5 Å². The first-order valence-electron chi connectivity index (χ1n) is 7.47. The summed E-state index contributed by atoms with van der Waals surface area (Å²) in [5, 5.41) is 0. The Hall–Kier alpha value is -0.950. The largest absolute Gasteiger partial charge is 0.375 e. The zero-order valence-corrected chi connectivity index (χ0v) is 13.1. The van der Waals surface area contributed by atoms with Gasteiger partial charge in [0.25, 0.3) is 0 Å². The van der Waals surface area contributed by atoms with Crippen LogP contribution in [0, 0.1) is 6.92 Å². The lowest BCUT2D eigenvalue weighted by Crippen LogP contribution is -2.51. The van der Waals surface area contributed by atoms with Gasteiger partial charge in [0.15, 0.2) is 0 Å². The Kier molecular flexibility index (Phi) is 4.05. The summed E-state index contributed by atoms with van der Waals surface area (Å²) in [6.45, 7) is 3.26. The van der Waals surface area contributed by atoms with E-state index < -0.39 is 10.0 Å². The monoisotopic (exact) mass is 310 g/mol. The lowest BCUT2D eigenvalue weighted by atomic mass is 10.1. The molecule has 116 valence electrons. The van der Waals surface area contributed by atoms with Gasteiger partial charge in [0.2, 0.25) is 10.0 Å². The first-order chi connectivity index (χ1) is 10.0. The molecule has 2 N–H and O–H groups in total. The van der Waals surface area contributed by atoms with Crippen molar-refractivity contribution >= 4 is 10.0 Å². The van der Waals surface area contributed by atoms with Crippen LogP contribution in [-0.2, 0) is 21.3 Å². The van der Waals surface area contributed by atoms with Gasteiger partial charge in [-0.3, -0.25) is 0 Å². The second-order valence-corrected chi connectivity index (χ2v) is 7.71. The first kappa shape index (κ1) is 15.0. The van der Waals surface area contributed by atoms with E-state index in [1.807, 2.05) is 13.0 Å². The Morgan fingerprint density at radius 1 is 1.38 bits per heavy atom. The highest BCUT2D eigenvalue weighted by atomic mass is 32.2. The number of sulfonamides is 1. The van der Waals surface area contributed by atoms with E-state index in [-0.39, 0.29) is 12.1 Å². The molecule has 1 heterocycles. The minimum Gasteiger partial charge on any atom is -0.375 e. The van der Waals surface area contributed by atoms with Crippen LogP contribution < -0.4 is 5.73 Å². The predicted molar refractivity (Wildman–Crippen MR) is 80.3 cm³/mol. The van der Waals surface area contributed by atoms with Crippen LogP contribution in [0.25, 0.3) is 0 Å². The van der Waals surface area contributed by atoms with E-state index in [2.05, 4.69) is 0 Å². The third-order valence-electron chi connectivity index (χ3n) is 4.57. The molecule has 1 aromatic rings. The van der Waals surface area contributed by atoms with Gasteiger partial charge in [0.05, 0.1) is 23.6 Å². The molecule has 1 aliphatic heterocycles. The normalized spacial score (nSPS) is 26.8. The van der Waals surface area contributed by atoms with Gasteiger partial charge in [-0.2, -0.15) is 4.31 Å². The third kappa shape index (κ3) is 2.61. The minimum absolute atomic E-state index is 0.00163. The molecule has 6 heteroatoms. The fourth-order valence-electron chi connectivity index (χ4n) is 3.38. The quantitative estimate of drug-likeness (QED) is 0.916. The van der Waals surface area contributed by atoms with Crippen LogP contribution in [0.5, 0.6) is 0 Å². The van der Waals surface area contributed by atoms with Crippen molar-refractivity contribution in [3.63, 3.8) is 0 Å². The summed E-state index contributed by atoms with van der Waals surface area (Å²) >= 11 is 0. The molecule has 1 saturated heterocycles. The maximum absolute atomic E-state index is 12.9. The second-order valence-electron chi connectivity index (χ2n) is 5.82. The second kappa shape index (κ2) is 5.68. The van der Waals surface area contributed by atoms with E-state index in [1.54, 1.807) is 16.4 Å². The molecule has 2 unspecified atom stereocenters. The summed E-state index contributed by atoms with van der Waals surface area (Å²) in [6, 6.07) is 5.22. The molecule has 1 saturated carbocycles. The van der Waals surface area contributed by atoms with Crippen LogP contribution in [-0.4, -0.2) is 38.0 Å². The highest BCUT2D eigenvalue weighted by molar-refractivity contribution is 7.89. The van der Waals surface area contributed by atoms with Crippen molar-refractivity contribution in [1.29, 1.82) is 0 Å². The molecule has 2 aliphatic rings. The molecule has 5 nitrogen and oxygen atoms in total. The van der Waals surface area contributed by atoms with Gasteiger partial charge in [-0.1, -0.05) is 6.07 Å². The number of morpholine rings is 1. The molecule has 0 spiro atoms. The molecule has 0 bridgehead atoms. The van der Waals surface area contributed by atoms with Gasteiger partial charge in [-0.05, 0) is 49.4 Å². The van der Waals surface area contributed by atoms with E-state index in [1.165, 1.54) is 0 Å². The number of hydrogen-bond acceptors (Lipinski definition) is 4. The fraction of sp³-hybridized carbons (Fsp3) is 0.600. The van der Waals surface area contributed by atoms with Crippen molar-refractivity contribution in [3.8, 4) is 0 Å². The number of benzene rings is 1. The SMILES string of the molecule is Cc1cc(S(=O)(=O)N2CCOC3CCCC32)ccc1CN. The number of fused-ring (bicyclic) bond motifs is 1. The average Bonchev–Trinajstić information content (AvgIpc) is 2.95. The smallest absolute Gasteiger partial charge is 0.243 e. The van der Waals surface area contributed by atoms with E-state index in [0.717, 1.165) is 30.4 Å². The van der Waals surface area contributed by atoms with E-state index in [0.29, 0.717) is 24.6 Å². The highest BCUT2D eigenvalue weighted by Gasteiger charge is 2.42. The van der Waals surface area contributed by atoms with E-state index in [9.17, 15) is 8.42 Å². The van der Waals surface area contributed by atoms with Gasteiger partial charge in [-0.15, -0.1) is 0 Å². The zero-order chi connectivity index (χ0) is 15.0. The lowest BCUT2D eigenvalue weighted by molar-refractivity contribution is -0.0241. The maximum Gasteiger partial charge on any atom is 0.243 e. The Balaban J connectivity index is 1.94. The van der Waals surface area contributed by atoms with Crippen LogP contribution in [0.15, 0.2) is 23.1 Å². The number of aryl methyl sites for hydroxylation is 1. The van der Waals surface area contributed by atoms with Crippen LogP contribution in [0.3, 0.4) is 0 Å². The number of nitrogens with two attached hydrogens (primary N) is 1. The topological polar surface area (TPSA) is 72.6 Å². The minimum atomic E-state index is -3.45. The molecule has 1 aliphatic carbocycles. The van der Waals surface area contributed by atoms with Crippen molar-refractivity contribution in [3.05, 3.63) is 29.3 Å². The molecular weight excluding hydrogens is 288 g/mol. The number of ether oxygens (including phenoxy) is 1. The Bertz CT molecular complexity index is 630. The van der Waals surface area contributed by atoms with E-state index >= 15 is 0 Å². The molecule has 0 radical (unpaired) electrons. The summed E-state index contributed by atoms with van der Waals surface area (Å²) in [5.41, 5.74) is 7.55. The summed E-state index contributed by atoms with van der Waals surface area (Å²) < 4.78 is 33.2. The lowest BCUT2D eigenvalue weighted by Gasteiger charge is -2.36. The predicted octanol–water partition coefficient (Wildman–Crippen LogP) is 1.40. The van der Waals surface area contributed by atoms with Gasteiger partial charge in [0, 0.05) is 13.1 Å². The molecule has 0 aromatic heterocycles. The Morgan fingerprint density at radius 3 is 2.90 bits per heavy atom. The zero-order valence-electron chi connectivity index (χ0n) is 12.3. The van der Waals surface area contributed by atoms with Crippen molar-refractivity contribution < 1.29 is 13.2 Å². The fourth-order valence-corrected chi connectivity index (χ4v) is 5.13. The standard InChI is InChI=1S/C15H22N2O3S/c1-11-9-13(6-5-12(11)10-16)21(18,19)17-7-8-20-15-4-2-3-14(15)17/h5-6,9,14-15H,2-4,7-8,10,16H2,1H3. The summed E-state index contributed by atoms with van der Waals surface area (Å²) in [7, 11) is -3.45. The van der Waals surface area contributed by atoms with Crippen LogP contribution in [0.1, 0.15) is 30.4 Å².